The molecule has 8 nitrogen and oxygen atoms in total. The van der Waals surface area contributed by atoms with E-state index in [-0.39, 0.29) is 16.5 Å². The molecule has 0 aromatic carbocycles. The summed E-state index contributed by atoms with van der Waals surface area (Å²) >= 11 is 0. The highest BCUT2D eigenvalue weighted by molar-refractivity contribution is 5.77. The predicted molar refractivity (Wildman–Crippen MR) is 94.3 cm³/mol. The smallest absolute Gasteiger partial charge is 0.270 e. The molecule has 26 heavy (non-hydrogen) atoms. The third-order valence-corrected chi connectivity index (χ3v) is 4.78. The topological polar surface area (TPSA) is 93.8 Å². The van der Waals surface area contributed by atoms with Crippen LogP contribution in [0.2, 0.25) is 0 Å². The molecule has 4 rings (SSSR count). The summed E-state index contributed by atoms with van der Waals surface area (Å²) < 4.78 is 8.24. The molecule has 0 radical (unpaired) electrons. The second-order valence-corrected chi connectivity index (χ2v) is 6.32. The number of pyridine rings is 2. The fourth-order valence-corrected chi connectivity index (χ4v) is 3.34. The molecule has 0 bridgehead atoms. The summed E-state index contributed by atoms with van der Waals surface area (Å²) in [6, 6.07) is 8.51. The highest BCUT2D eigenvalue weighted by atomic mass is 16.5. The Labute approximate surface area is 148 Å². The number of hydrogen-bond donors (Lipinski definition) is 1. The molecule has 0 unspecified atom stereocenters. The van der Waals surface area contributed by atoms with E-state index in [9.17, 15) is 14.9 Å². The van der Waals surface area contributed by atoms with E-state index in [2.05, 4.69) is 4.98 Å². The Morgan fingerprint density at radius 1 is 1.23 bits per heavy atom. The molecule has 0 amide bonds. The van der Waals surface area contributed by atoms with Crippen molar-refractivity contribution < 1.29 is 9.64 Å². The van der Waals surface area contributed by atoms with E-state index in [0.717, 1.165) is 13.1 Å². The maximum Gasteiger partial charge on any atom is 0.270 e. The Morgan fingerprint density at radius 2 is 2.04 bits per heavy atom. The van der Waals surface area contributed by atoms with E-state index in [1.54, 1.807) is 24.4 Å². The minimum Gasteiger partial charge on any atom is -0.370 e. The van der Waals surface area contributed by atoms with Crippen LogP contribution in [-0.4, -0.2) is 46.8 Å². The quantitative estimate of drug-likeness (QED) is 0.598. The molecule has 8 heteroatoms. The first-order valence-corrected chi connectivity index (χ1v) is 8.55. The number of morpholine rings is 1. The first-order valence-electron chi connectivity index (χ1n) is 8.55. The Morgan fingerprint density at radius 3 is 2.81 bits per heavy atom. The Balaban J connectivity index is 1.89. The Bertz CT molecular complexity index is 1140. The predicted octanol–water partition coefficient (Wildman–Crippen LogP) is -1.20. The summed E-state index contributed by atoms with van der Waals surface area (Å²) in [5.74, 6) is 0. The number of hydrogen-bond acceptors (Lipinski definition) is 5. The van der Waals surface area contributed by atoms with Crippen LogP contribution in [0, 0.1) is 11.3 Å². The third kappa shape index (κ3) is 2.77. The molecule has 4 heterocycles. The number of aromatic nitrogens is 3. The van der Waals surface area contributed by atoms with Gasteiger partial charge in [-0.3, -0.25) is 18.6 Å². The number of fused-ring (bicyclic) bond motifs is 2. The number of nitriles is 1. The summed E-state index contributed by atoms with van der Waals surface area (Å²) in [4.78, 5) is 31.3. The molecule has 1 fully saturated rings. The van der Waals surface area contributed by atoms with Gasteiger partial charge >= 0.3 is 0 Å². The Kier molecular flexibility index (Phi) is 4.24. The number of nitrogens with zero attached hydrogens (tertiary/aromatic N) is 4. The monoisotopic (exact) mass is 352 g/mol. The molecule has 0 spiro atoms. The van der Waals surface area contributed by atoms with Gasteiger partial charge in [-0.15, -0.1) is 0 Å². The summed E-state index contributed by atoms with van der Waals surface area (Å²) in [5, 5.41) is 9.59. The average molecular weight is 352 g/mol. The van der Waals surface area contributed by atoms with Gasteiger partial charge in [-0.2, -0.15) is 5.26 Å². The largest absolute Gasteiger partial charge is 0.370 e. The molecule has 3 aromatic heterocycles. The van der Waals surface area contributed by atoms with Crippen LogP contribution in [0.4, 0.5) is 0 Å². The highest BCUT2D eigenvalue weighted by Crippen LogP contribution is 2.09. The van der Waals surface area contributed by atoms with E-state index < -0.39 is 5.56 Å². The Hall–Kier alpha value is -3.02. The van der Waals surface area contributed by atoms with Crippen LogP contribution in [0.3, 0.4) is 0 Å². The van der Waals surface area contributed by atoms with Crippen LogP contribution in [0.15, 0.2) is 40.1 Å². The molecule has 1 N–H and O–H groups in total. The molecular weight excluding hydrogens is 334 g/mol. The standard InChI is InChI=1S/C18H17N5O3/c19-12-13-11-14-16(20-15-3-1-2-4-22(15)18(14)25)23(17(13)24)6-5-21-7-9-26-10-8-21/h1-4,11H,5-10H2/p+1. The minimum absolute atomic E-state index is 0.0377. The van der Waals surface area contributed by atoms with E-state index in [1.165, 1.54) is 19.9 Å². The van der Waals surface area contributed by atoms with E-state index >= 15 is 0 Å². The lowest BCUT2D eigenvalue weighted by atomic mass is 10.2. The highest BCUT2D eigenvalue weighted by Gasteiger charge is 2.18. The number of nitrogens with one attached hydrogen (secondary N) is 1. The molecule has 0 saturated carbocycles. The summed E-state index contributed by atoms with van der Waals surface area (Å²) in [7, 11) is 0. The van der Waals surface area contributed by atoms with Crippen molar-refractivity contribution in [2.45, 2.75) is 6.54 Å². The van der Waals surface area contributed by atoms with Crippen molar-refractivity contribution in [2.75, 3.05) is 32.8 Å². The maximum absolute atomic E-state index is 12.8. The molecule has 1 aliphatic rings. The van der Waals surface area contributed by atoms with Gasteiger partial charge in [-0.1, -0.05) is 6.07 Å². The molecule has 0 aliphatic carbocycles. The van der Waals surface area contributed by atoms with Gasteiger partial charge in [0.25, 0.3) is 11.1 Å². The zero-order valence-corrected chi connectivity index (χ0v) is 14.1. The first kappa shape index (κ1) is 16.4. The normalized spacial score (nSPS) is 15.3. The second-order valence-electron chi connectivity index (χ2n) is 6.32. The second kappa shape index (κ2) is 6.71. The van der Waals surface area contributed by atoms with Crippen LogP contribution in [0.25, 0.3) is 16.7 Å². The number of quaternary nitrogens is 1. The molecule has 1 saturated heterocycles. The molecule has 132 valence electrons. The zero-order chi connectivity index (χ0) is 18.1. The van der Waals surface area contributed by atoms with Crippen molar-refractivity contribution in [3.8, 4) is 6.07 Å². The van der Waals surface area contributed by atoms with E-state index in [4.69, 9.17) is 4.74 Å². The first-order chi connectivity index (χ1) is 12.7. The average Bonchev–Trinajstić information content (AvgIpc) is 2.68. The lowest BCUT2D eigenvalue weighted by Gasteiger charge is -2.24. The summed E-state index contributed by atoms with van der Waals surface area (Å²) in [5.41, 5.74) is 0.0816. The van der Waals surface area contributed by atoms with Gasteiger partial charge in [-0.05, 0) is 18.2 Å². The summed E-state index contributed by atoms with van der Waals surface area (Å²) in [6.45, 7) is 4.27. The van der Waals surface area contributed by atoms with Gasteiger partial charge in [0, 0.05) is 6.20 Å². The lowest BCUT2D eigenvalue weighted by molar-refractivity contribution is -0.908. The van der Waals surface area contributed by atoms with Crippen molar-refractivity contribution >= 4 is 16.7 Å². The van der Waals surface area contributed by atoms with Crippen LogP contribution >= 0.6 is 0 Å². The number of rotatable bonds is 3. The van der Waals surface area contributed by atoms with Gasteiger partial charge in [0.1, 0.15) is 30.4 Å². The van der Waals surface area contributed by atoms with Crippen LogP contribution < -0.4 is 16.0 Å². The molecule has 1 aliphatic heterocycles. The molecule has 3 aromatic rings. The SMILES string of the molecule is N#Cc1cc2c(=O)n3ccccc3nc2n(CC[NH+]2CCOCC2)c1=O. The van der Waals surface area contributed by atoms with Gasteiger partial charge < -0.3 is 9.64 Å². The van der Waals surface area contributed by atoms with Gasteiger partial charge in [-0.25, -0.2) is 4.98 Å². The number of ether oxygens (including phenoxy) is 1. The minimum atomic E-state index is -0.403. The van der Waals surface area contributed by atoms with Crippen molar-refractivity contribution in [1.29, 1.82) is 5.26 Å². The third-order valence-electron chi connectivity index (χ3n) is 4.78. The van der Waals surface area contributed by atoms with Crippen molar-refractivity contribution in [2.24, 2.45) is 0 Å². The van der Waals surface area contributed by atoms with E-state index in [0.29, 0.717) is 37.6 Å². The van der Waals surface area contributed by atoms with Gasteiger partial charge in [0.2, 0.25) is 0 Å². The zero-order valence-electron chi connectivity index (χ0n) is 14.1. The van der Waals surface area contributed by atoms with Crippen LogP contribution in [0.5, 0.6) is 0 Å². The van der Waals surface area contributed by atoms with Crippen LogP contribution in [-0.2, 0) is 11.3 Å². The molecule has 0 atom stereocenters. The van der Waals surface area contributed by atoms with Crippen molar-refractivity contribution in [3.05, 3.63) is 56.7 Å². The van der Waals surface area contributed by atoms with Gasteiger partial charge in [0.05, 0.1) is 31.7 Å². The molecular formula is C18H18N5O3+. The van der Waals surface area contributed by atoms with Gasteiger partial charge in [0.15, 0.2) is 5.65 Å². The van der Waals surface area contributed by atoms with Crippen molar-refractivity contribution in [3.63, 3.8) is 0 Å². The van der Waals surface area contributed by atoms with Crippen molar-refractivity contribution in [1.82, 2.24) is 14.0 Å². The fourth-order valence-electron chi connectivity index (χ4n) is 3.34. The summed E-state index contributed by atoms with van der Waals surface area (Å²) in [6.07, 6.45) is 1.63. The van der Waals surface area contributed by atoms with Crippen LogP contribution in [0.1, 0.15) is 5.56 Å². The lowest BCUT2D eigenvalue weighted by Crippen LogP contribution is -3.14. The van der Waals surface area contributed by atoms with E-state index in [1.807, 2.05) is 6.07 Å². The maximum atomic E-state index is 12.8. The fraction of sp³-hybridized carbons (Fsp3) is 0.333.